The van der Waals surface area contributed by atoms with E-state index in [1.807, 2.05) is 56.2 Å². The van der Waals surface area contributed by atoms with Crippen LogP contribution in [0.1, 0.15) is 13.8 Å². The van der Waals surface area contributed by atoms with E-state index in [4.69, 9.17) is 4.74 Å². The van der Waals surface area contributed by atoms with Crippen molar-refractivity contribution >= 4 is 41.7 Å². The third kappa shape index (κ3) is 8.12. The smallest absolute Gasteiger partial charge is 0.193 e. The van der Waals surface area contributed by atoms with Crippen LogP contribution in [-0.4, -0.2) is 55.7 Å². The number of aliphatic imine (C=N–C) groups is 1. The fourth-order valence-corrected chi connectivity index (χ4v) is 1.89. The van der Waals surface area contributed by atoms with E-state index in [-0.39, 0.29) is 28.7 Å². The minimum Gasteiger partial charge on any atom is -0.492 e. The van der Waals surface area contributed by atoms with Crippen molar-refractivity contribution in [2.24, 2.45) is 4.99 Å². The molecule has 6 heteroatoms. The standard InChI is InChI=1S/C16H27N3OS.HI/c1-16(2,21-5)13-18-15(17-3)19(4)11-12-20-14-9-7-6-8-10-14;/h6-10H,11-13H2,1-5H3,(H,17,18);1H. The third-order valence-corrected chi connectivity index (χ3v) is 4.49. The predicted octanol–water partition coefficient (Wildman–Crippen LogP) is 3.33. The topological polar surface area (TPSA) is 36.9 Å². The zero-order valence-electron chi connectivity index (χ0n) is 14.1. The van der Waals surface area contributed by atoms with Gasteiger partial charge in [0, 0.05) is 25.4 Å². The molecule has 0 saturated heterocycles. The lowest BCUT2D eigenvalue weighted by Crippen LogP contribution is -2.45. The lowest BCUT2D eigenvalue weighted by atomic mass is 10.2. The largest absolute Gasteiger partial charge is 0.492 e. The van der Waals surface area contributed by atoms with E-state index < -0.39 is 0 Å². The van der Waals surface area contributed by atoms with Crippen LogP contribution in [0.4, 0.5) is 0 Å². The highest BCUT2D eigenvalue weighted by Crippen LogP contribution is 2.19. The number of para-hydroxylation sites is 1. The van der Waals surface area contributed by atoms with E-state index in [9.17, 15) is 0 Å². The predicted molar refractivity (Wildman–Crippen MR) is 109 cm³/mol. The van der Waals surface area contributed by atoms with Crippen molar-refractivity contribution in [1.82, 2.24) is 10.2 Å². The van der Waals surface area contributed by atoms with Crippen LogP contribution >= 0.6 is 35.7 Å². The number of benzene rings is 1. The zero-order valence-corrected chi connectivity index (χ0v) is 17.3. The fraction of sp³-hybridized carbons (Fsp3) is 0.562. The number of guanidine groups is 1. The molecular weight excluding hydrogens is 409 g/mol. The number of likely N-dealkylation sites (N-methyl/N-ethyl adjacent to an activating group) is 1. The molecule has 0 bridgehead atoms. The summed E-state index contributed by atoms with van der Waals surface area (Å²) in [6, 6.07) is 9.87. The van der Waals surface area contributed by atoms with Gasteiger partial charge in [-0.25, -0.2) is 0 Å². The Morgan fingerprint density at radius 3 is 2.50 bits per heavy atom. The molecule has 0 atom stereocenters. The molecule has 0 aliphatic heterocycles. The maximum atomic E-state index is 5.71. The third-order valence-electron chi connectivity index (χ3n) is 3.24. The van der Waals surface area contributed by atoms with Crippen molar-refractivity contribution in [3.8, 4) is 5.75 Å². The molecule has 0 aliphatic rings. The Kier molecular flexibility index (Phi) is 10.7. The van der Waals surface area contributed by atoms with Gasteiger partial charge < -0.3 is 15.0 Å². The van der Waals surface area contributed by atoms with Gasteiger partial charge in [0.1, 0.15) is 12.4 Å². The molecule has 126 valence electrons. The van der Waals surface area contributed by atoms with Crippen LogP contribution in [0.2, 0.25) is 0 Å². The Morgan fingerprint density at radius 1 is 1.32 bits per heavy atom. The summed E-state index contributed by atoms with van der Waals surface area (Å²) in [5.41, 5.74) is 0. The van der Waals surface area contributed by atoms with Crippen molar-refractivity contribution in [3.05, 3.63) is 30.3 Å². The molecule has 0 aromatic heterocycles. The number of halogens is 1. The maximum Gasteiger partial charge on any atom is 0.193 e. The van der Waals surface area contributed by atoms with E-state index in [1.54, 1.807) is 0 Å². The van der Waals surface area contributed by atoms with Gasteiger partial charge in [-0.1, -0.05) is 18.2 Å². The van der Waals surface area contributed by atoms with E-state index >= 15 is 0 Å². The van der Waals surface area contributed by atoms with Crippen molar-refractivity contribution in [1.29, 1.82) is 0 Å². The van der Waals surface area contributed by atoms with Crippen LogP contribution in [0.3, 0.4) is 0 Å². The van der Waals surface area contributed by atoms with Crippen LogP contribution < -0.4 is 10.1 Å². The summed E-state index contributed by atoms with van der Waals surface area (Å²) in [4.78, 5) is 6.40. The molecule has 0 amide bonds. The van der Waals surface area contributed by atoms with Gasteiger partial charge >= 0.3 is 0 Å². The highest BCUT2D eigenvalue weighted by molar-refractivity contribution is 14.0. The van der Waals surface area contributed by atoms with Crippen LogP contribution in [0.5, 0.6) is 5.75 Å². The SMILES string of the molecule is CN=C(NCC(C)(C)SC)N(C)CCOc1ccccc1.I. The average Bonchev–Trinajstić information content (AvgIpc) is 2.49. The Balaban J connectivity index is 0.00000441. The molecule has 0 radical (unpaired) electrons. The molecule has 22 heavy (non-hydrogen) atoms. The van der Waals surface area contributed by atoms with Gasteiger partial charge in [0.25, 0.3) is 0 Å². The van der Waals surface area contributed by atoms with Gasteiger partial charge in [-0.2, -0.15) is 11.8 Å². The van der Waals surface area contributed by atoms with E-state index in [0.29, 0.717) is 6.61 Å². The van der Waals surface area contributed by atoms with Gasteiger partial charge in [0.05, 0.1) is 6.54 Å². The highest BCUT2D eigenvalue weighted by Gasteiger charge is 2.17. The molecule has 1 aromatic carbocycles. The monoisotopic (exact) mass is 437 g/mol. The second-order valence-electron chi connectivity index (χ2n) is 5.45. The molecule has 0 saturated carbocycles. The number of hydrogen-bond acceptors (Lipinski definition) is 3. The molecule has 1 rings (SSSR count). The number of nitrogens with zero attached hydrogens (tertiary/aromatic N) is 2. The van der Waals surface area contributed by atoms with E-state index in [2.05, 4.69) is 35.3 Å². The summed E-state index contributed by atoms with van der Waals surface area (Å²) in [5.74, 6) is 1.80. The molecular formula is C16H28IN3OS. The average molecular weight is 437 g/mol. The molecule has 0 heterocycles. The number of ether oxygens (including phenoxy) is 1. The summed E-state index contributed by atoms with van der Waals surface area (Å²) >= 11 is 1.85. The Bertz CT molecular complexity index is 440. The summed E-state index contributed by atoms with van der Waals surface area (Å²) in [5, 5.41) is 3.41. The lowest BCUT2D eigenvalue weighted by Gasteiger charge is -2.27. The molecule has 0 unspecified atom stereocenters. The van der Waals surface area contributed by atoms with E-state index in [1.165, 1.54) is 0 Å². The van der Waals surface area contributed by atoms with Crippen LogP contribution in [0, 0.1) is 0 Å². The van der Waals surface area contributed by atoms with Crippen molar-refractivity contribution in [2.75, 3.05) is 40.0 Å². The Hall–Kier alpha value is -0.630. The van der Waals surface area contributed by atoms with Gasteiger partial charge in [-0.05, 0) is 32.2 Å². The van der Waals surface area contributed by atoms with Crippen molar-refractivity contribution in [2.45, 2.75) is 18.6 Å². The van der Waals surface area contributed by atoms with Crippen LogP contribution in [0.25, 0.3) is 0 Å². The molecule has 1 N–H and O–H groups in total. The molecule has 0 spiro atoms. The number of rotatable bonds is 7. The first kappa shape index (κ1) is 21.4. The summed E-state index contributed by atoms with van der Waals surface area (Å²) < 4.78 is 5.90. The fourth-order valence-electron chi connectivity index (χ4n) is 1.67. The molecule has 0 aliphatic carbocycles. The zero-order chi connectivity index (χ0) is 15.7. The van der Waals surface area contributed by atoms with Crippen molar-refractivity contribution in [3.63, 3.8) is 0 Å². The first-order chi connectivity index (χ1) is 9.98. The minimum absolute atomic E-state index is 0. The number of thioether (sulfide) groups is 1. The molecule has 4 nitrogen and oxygen atoms in total. The summed E-state index contributed by atoms with van der Waals surface area (Å²) in [7, 11) is 3.83. The normalized spacial score (nSPS) is 11.6. The summed E-state index contributed by atoms with van der Waals surface area (Å²) in [6.45, 7) is 6.74. The molecule has 0 fully saturated rings. The number of nitrogens with one attached hydrogen (secondary N) is 1. The maximum absolute atomic E-state index is 5.71. The van der Waals surface area contributed by atoms with Gasteiger partial charge in [0.2, 0.25) is 0 Å². The second kappa shape index (κ2) is 11.0. The van der Waals surface area contributed by atoms with Gasteiger partial charge in [-0.3, -0.25) is 4.99 Å². The minimum atomic E-state index is 0. The first-order valence-electron chi connectivity index (χ1n) is 7.13. The lowest BCUT2D eigenvalue weighted by molar-refractivity contribution is 0.281. The van der Waals surface area contributed by atoms with Crippen molar-refractivity contribution < 1.29 is 4.74 Å². The van der Waals surface area contributed by atoms with Crippen LogP contribution in [0.15, 0.2) is 35.3 Å². The molecule has 1 aromatic rings. The summed E-state index contributed by atoms with van der Waals surface area (Å²) in [6.07, 6.45) is 2.13. The quantitative estimate of drug-likeness (QED) is 0.404. The first-order valence-corrected chi connectivity index (χ1v) is 8.36. The number of hydrogen-bond donors (Lipinski definition) is 1. The van der Waals surface area contributed by atoms with E-state index in [0.717, 1.165) is 24.8 Å². The van der Waals surface area contributed by atoms with Crippen LogP contribution in [-0.2, 0) is 0 Å². The Morgan fingerprint density at radius 2 is 1.95 bits per heavy atom. The van der Waals surface area contributed by atoms with Gasteiger partial charge in [0.15, 0.2) is 5.96 Å². The van der Waals surface area contributed by atoms with Gasteiger partial charge in [-0.15, -0.1) is 24.0 Å². The highest BCUT2D eigenvalue weighted by atomic mass is 127. The second-order valence-corrected chi connectivity index (χ2v) is 6.96. The Labute approximate surface area is 156 Å².